The van der Waals surface area contributed by atoms with Crippen molar-refractivity contribution in [2.75, 3.05) is 6.54 Å². The van der Waals surface area contributed by atoms with Gasteiger partial charge in [0.05, 0.1) is 11.2 Å². The second kappa shape index (κ2) is 7.01. The fourth-order valence-corrected chi connectivity index (χ4v) is 4.18. The van der Waals surface area contributed by atoms with E-state index in [4.69, 9.17) is 14.0 Å². The third-order valence-corrected chi connectivity index (χ3v) is 6.75. The first-order valence-corrected chi connectivity index (χ1v) is 10.4. The molecule has 2 aliphatic heterocycles. The van der Waals surface area contributed by atoms with Crippen LogP contribution < -0.4 is 0 Å². The van der Waals surface area contributed by atoms with Crippen molar-refractivity contribution >= 4 is 13.2 Å². The summed E-state index contributed by atoms with van der Waals surface area (Å²) in [6.45, 7) is 14.0. The zero-order valence-electron chi connectivity index (χ0n) is 18.4. The number of carbonyl (C=O) groups excluding carboxylic acids is 1. The molecule has 1 aliphatic carbocycles. The van der Waals surface area contributed by atoms with Gasteiger partial charge in [-0.15, -0.1) is 0 Å². The zero-order chi connectivity index (χ0) is 21.0. The monoisotopic (exact) mass is 395 g/mol. The van der Waals surface area contributed by atoms with Gasteiger partial charge in [-0.1, -0.05) is 6.08 Å². The molecule has 3 aliphatic rings. The number of rotatable bonds is 1. The lowest BCUT2D eigenvalue weighted by atomic mass is 9.62. The Balaban J connectivity index is 1.61. The van der Waals surface area contributed by atoms with E-state index in [1.54, 1.807) is 20.8 Å². The average molecular weight is 395 g/mol. The van der Waals surface area contributed by atoms with Crippen molar-refractivity contribution in [1.29, 1.82) is 0 Å². The molecule has 0 N–H and O–H groups in total. The largest absolute Gasteiger partial charge is 0.490 e. The predicted molar refractivity (Wildman–Crippen MR) is 108 cm³/mol. The molecular formula is C21H35BFNO4. The number of nitrogens with zero attached hydrogens (tertiary/aromatic N) is 1. The first-order chi connectivity index (χ1) is 12.7. The number of allylic oxidation sites excluding steroid dienone is 2. The van der Waals surface area contributed by atoms with Crippen LogP contribution in [0.5, 0.6) is 0 Å². The number of amides is 1. The number of halogens is 1. The molecule has 2 heterocycles. The number of likely N-dealkylation sites (tertiary alicyclic amines) is 1. The third-order valence-electron chi connectivity index (χ3n) is 6.75. The first kappa shape index (κ1) is 21.6. The van der Waals surface area contributed by atoms with E-state index in [-0.39, 0.29) is 23.7 Å². The Labute approximate surface area is 169 Å². The molecule has 28 heavy (non-hydrogen) atoms. The SMILES string of the molecule is CC(C)(C)OC(=O)N1CCC2(CC=C(B3OC(C)(C)C(C)(C)O3)CC2)CC1F. The summed E-state index contributed by atoms with van der Waals surface area (Å²) in [6.07, 6.45) is 4.02. The van der Waals surface area contributed by atoms with Crippen molar-refractivity contribution in [2.45, 2.75) is 104 Å². The van der Waals surface area contributed by atoms with Crippen LogP contribution in [0.2, 0.25) is 0 Å². The summed E-state index contributed by atoms with van der Waals surface area (Å²) >= 11 is 0. The molecule has 1 spiro atoms. The third kappa shape index (κ3) is 4.25. The highest BCUT2D eigenvalue weighted by atomic mass is 19.1. The van der Waals surface area contributed by atoms with Gasteiger partial charge in [-0.05, 0) is 85.0 Å². The maximum absolute atomic E-state index is 14.9. The fourth-order valence-electron chi connectivity index (χ4n) is 4.18. The fraction of sp³-hybridized carbons (Fsp3) is 0.857. The molecule has 0 saturated carbocycles. The van der Waals surface area contributed by atoms with Crippen LogP contribution in [-0.4, -0.2) is 47.8 Å². The summed E-state index contributed by atoms with van der Waals surface area (Å²) in [5.74, 6) is 0. The van der Waals surface area contributed by atoms with Crippen molar-refractivity contribution in [3.63, 3.8) is 0 Å². The van der Waals surface area contributed by atoms with Crippen LogP contribution in [0.3, 0.4) is 0 Å². The maximum atomic E-state index is 14.9. The zero-order valence-corrected chi connectivity index (χ0v) is 18.4. The minimum atomic E-state index is -1.30. The summed E-state index contributed by atoms with van der Waals surface area (Å²) in [6, 6.07) is 0. The van der Waals surface area contributed by atoms with E-state index in [1.165, 1.54) is 4.90 Å². The van der Waals surface area contributed by atoms with Gasteiger partial charge in [-0.3, -0.25) is 4.90 Å². The van der Waals surface area contributed by atoms with Gasteiger partial charge >= 0.3 is 13.2 Å². The second-order valence-electron chi connectivity index (χ2n) is 10.6. The summed E-state index contributed by atoms with van der Waals surface area (Å²) in [5, 5.41) is 0. The maximum Gasteiger partial charge on any atom is 0.490 e. The van der Waals surface area contributed by atoms with E-state index in [0.717, 1.165) is 31.2 Å². The molecule has 0 aromatic rings. The first-order valence-electron chi connectivity index (χ1n) is 10.4. The van der Waals surface area contributed by atoms with E-state index in [9.17, 15) is 9.18 Å². The standard InChI is InChI=1S/C21H35BFNO4/c1-18(2,3)26-17(25)24-13-12-21(14-16(24)23)10-8-15(9-11-21)22-27-19(4,5)20(6,7)28-22/h8,16H,9-14H2,1-7H3. The number of piperidine rings is 1. The van der Waals surface area contributed by atoms with E-state index in [2.05, 4.69) is 33.8 Å². The van der Waals surface area contributed by atoms with Gasteiger partial charge < -0.3 is 14.0 Å². The Morgan fingerprint density at radius 1 is 1.21 bits per heavy atom. The molecule has 5 nitrogen and oxygen atoms in total. The van der Waals surface area contributed by atoms with Crippen LogP contribution >= 0.6 is 0 Å². The van der Waals surface area contributed by atoms with E-state index in [1.807, 2.05) is 0 Å². The van der Waals surface area contributed by atoms with Crippen molar-refractivity contribution in [1.82, 2.24) is 4.90 Å². The van der Waals surface area contributed by atoms with E-state index < -0.39 is 18.0 Å². The van der Waals surface area contributed by atoms with Crippen LogP contribution in [0.1, 0.15) is 80.6 Å². The highest BCUT2D eigenvalue weighted by Crippen LogP contribution is 2.48. The lowest BCUT2D eigenvalue weighted by Crippen LogP contribution is -2.50. The molecule has 2 fully saturated rings. The van der Waals surface area contributed by atoms with Crippen molar-refractivity contribution in [3.05, 3.63) is 11.5 Å². The molecule has 0 bridgehead atoms. The normalized spacial score (nSPS) is 32.4. The Hall–Kier alpha value is -1.08. The Kier molecular flexibility index (Phi) is 5.42. The Bertz CT molecular complexity index is 641. The van der Waals surface area contributed by atoms with Gasteiger partial charge in [0, 0.05) is 13.0 Å². The van der Waals surface area contributed by atoms with Gasteiger partial charge in [0.1, 0.15) is 5.60 Å². The van der Waals surface area contributed by atoms with Gasteiger partial charge in [-0.2, -0.15) is 0 Å². The molecule has 158 valence electrons. The molecule has 0 radical (unpaired) electrons. The van der Waals surface area contributed by atoms with Gasteiger partial charge in [0.25, 0.3) is 0 Å². The molecule has 7 heteroatoms. The molecule has 0 aromatic carbocycles. The summed E-state index contributed by atoms with van der Waals surface area (Å²) in [4.78, 5) is 13.5. The highest BCUT2D eigenvalue weighted by Gasteiger charge is 2.53. The van der Waals surface area contributed by atoms with Crippen LogP contribution in [0, 0.1) is 5.41 Å². The molecule has 2 unspecified atom stereocenters. The van der Waals surface area contributed by atoms with Crippen LogP contribution in [-0.2, 0) is 14.0 Å². The minimum Gasteiger partial charge on any atom is -0.444 e. The molecule has 2 saturated heterocycles. The topological polar surface area (TPSA) is 48.0 Å². The van der Waals surface area contributed by atoms with Gasteiger partial charge in [-0.25, -0.2) is 9.18 Å². The average Bonchev–Trinajstić information content (AvgIpc) is 2.74. The molecule has 1 amide bonds. The predicted octanol–water partition coefficient (Wildman–Crippen LogP) is 5.04. The summed E-state index contributed by atoms with van der Waals surface area (Å²) in [7, 11) is -0.314. The molecular weight excluding hydrogens is 360 g/mol. The van der Waals surface area contributed by atoms with Crippen molar-refractivity contribution < 1.29 is 23.2 Å². The molecule has 0 aromatic heterocycles. The lowest BCUT2D eigenvalue weighted by Gasteiger charge is -2.45. The quantitative estimate of drug-likeness (QED) is 0.461. The van der Waals surface area contributed by atoms with Crippen molar-refractivity contribution in [2.24, 2.45) is 5.41 Å². The Morgan fingerprint density at radius 2 is 1.82 bits per heavy atom. The number of hydrogen-bond donors (Lipinski definition) is 0. The molecule has 2 atom stereocenters. The second-order valence-corrected chi connectivity index (χ2v) is 10.6. The number of hydrogen-bond acceptors (Lipinski definition) is 4. The summed E-state index contributed by atoms with van der Waals surface area (Å²) < 4.78 is 32.5. The smallest absolute Gasteiger partial charge is 0.444 e. The number of ether oxygens (including phenoxy) is 1. The van der Waals surface area contributed by atoms with Crippen molar-refractivity contribution in [3.8, 4) is 0 Å². The van der Waals surface area contributed by atoms with E-state index in [0.29, 0.717) is 13.0 Å². The van der Waals surface area contributed by atoms with E-state index >= 15 is 0 Å². The van der Waals surface area contributed by atoms with Crippen LogP contribution in [0.25, 0.3) is 0 Å². The summed E-state index contributed by atoms with van der Waals surface area (Å²) in [5.41, 5.74) is -0.246. The van der Waals surface area contributed by atoms with Crippen LogP contribution in [0.4, 0.5) is 9.18 Å². The van der Waals surface area contributed by atoms with Gasteiger partial charge in [0.2, 0.25) is 0 Å². The minimum absolute atomic E-state index is 0.0922. The highest BCUT2D eigenvalue weighted by molar-refractivity contribution is 6.54. The Morgan fingerprint density at radius 3 is 2.29 bits per heavy atom. The number of alkyl halides is 1. The molecule has 3 rings (SSSR count). The lowest BCUT2D eigenvalue weighted by molar-refractivity contribution is -0.0447. The van der Waals surface area contributed by atoms with Gasteiger partial charge in [0.15, 0.2) is 6.30 Å². The number of carbonyl (C=O) groups is 1. The van der Waals surface area contributed by atoms with Crippen LogP contribution in [0.15, 0.2) is 11.5 Å².